The van der Waals surface area contributed by atoms with Gasteiger partial charge in [-0.05, 0) is 6.42 Å². The molecule has 1 aromatic rings. The molecule has 2 heterocycles. The molecule has 9 nitrogen and oxygen atoms in total. The monoisotopic (exact) mass is 313 g/mol. The second-order valence-corrected chi connectivity index (χ2v) is 7.16. The summed E-state index contributed by atoms with van der Waals surface area (Å²) >= 11 is 0. The molecule has 2 unspecified atom stereocenters. The molecule has 5 N–H and O–H groups in total. The number of hydrogen-bond donors (Lipinski definition) is 4. The Morgan fingerprint density at radius 3 is 2.95 bits per heavy atom. The zero-order valence-corrected chi connectivity index (χ0v) is 11.8. The van der Waals surface area contributed by atoms with Crippen molar-refractivity contribution >= 4 is 27.3 Å². The van der Waals surface area contributed by atoms with E-state index >= 15 is 0 Å². The molecule has 0 aromatic carbocycles. The molecule has 10 heteroatoms. The number of aromatic nitrogens is 2. The summed E-state index contributed by atoms with van der Waals surface area (Å²) in [4.78, 5) is 20.0. The number of aliphatic hydroxyl groups excluding tert-OH is 1. The molecule has 0 bridgehead atoms. The smallest absolute Gasteiger partial charge is 0.277 e. The van der Waals surface area contributed by atoms with E-state index in [2.05, 4.69) is 15.3 Å². The number of rotatable bonds is 3. The van der Waals surface area contributed by atoms with E-state index in [4.69, 9.17) is 10.8 Å². The first-order valence-corrected chi connectivity index (χ1v) is 8.05. The lowest BCUT2D eigenvalue weighted by Gasteiger charge is -2.24. The van der Waals surface area contributed by atoms with Crippen LogP contribution in [0.2, 0.25) is 0 Å². The van der Waals surface area contributed by atoms with E-state index < -0.39 is 21.0 Å². The Morgan fingerprint density at radius 1 is 1.48 bits per heavy atom. The van der Waals surface area contributed by atoms with Crippen molar-refractivity contribution in [1.29, 1.82) is 0 Å². The standard InChI is InChI=1S/C11H15N5O4S/c12-11-14-9-8(10(18)15-11)13-4-16(9)6-1-2-7(3-6)21(19,20)5-17/h1-2,6-7,13,17H,3-5H2,(H3,12,14,15,18). The number of fused-ring (bicyclic) bond motifs is 1. The number of nitrogens with one attached hydrogen (secondary N) is 2. The lowest BCUT2D eigenvalue weighted by atomic mass is 10.2. The maximum absolute atomic E-state index is 11.8. The van der Waals surface area contributed by atoms with Crippen molar-refractivity contribution in [2.24, 2.45) is 0 Å². The summed E-state index contributed by atoms with van der Waals surface area (Å²) in [6.07, 6.45) is 3.61. The van der Waals surface area contributed by atoms with Gasteiger partial charge in [-0.1, -0.05) is 12.2 Å². The van der Waals surface area contributed by atoms with Crippen molar-refractivity contribution in [3.63, 3.8) is 0 Å². The molecular weight excluding hydrogens is 298 g/mol. The van der Waals surface area contributed by atoms with Gasteiger partial charge in [0.15, 0.2) is 15.7 Å². The molecular formula is C11H15N5O4S. The van der Waals surface area contributed by atoms with Crippen LogP contribution in [-0.4, -0.2) is 47.4 Å². The third-order valence-electron chi connectivity index (χ3n) is 3.68. The predicted octanol–water partition coefficient (Wildman–Crippen LogP) is -1.40. The van der Waals surface area contributed by atoms with E-state index in [0.29, 0.717) is 24.6 Å². The van der Waals surface area contributed by atoms with Crippen LogP contribution in [0.25, 0.3) is 0 Å². The molecule has 2 aliphatic rings. The first-order chi connectivity index (χ1) is 9.92. The quantitative estimate of drug-likeness (QED) is 0.499. The van der Waals surface area contributed by atoms with Crippen molar-refractivity contribution in [3.05, 3.63) is 22.5 Å². The average molecular weight is 313 g/mol. The van der Waals surface area contributed by atoms with Crippen LogP contribution >= 0.6 is 0 Å². The number of nitrogens with zero attached hydrogens (tertiary/aromatic N) is 2. The van der Waals surface area contributed by atoms with Gasteiger partial charge in [0, 0.05) is 0 Å². The zero-order chi connectivity index (χ0) is 15.2. The van der Waals surface area contributed by atoms with Gasteiger partial charge in [-0.25, -0.2) is 8.42 Å². The molecule has 0 spiro atoms. The van der Waals surface area contributed by atoms with Crippen LogP contribution in [0.5, 0.6) is 0 Å². The topological polar surface area (TPSA) is 141 Å². The first kappa shape index (κ1) is 13.9. The van der Waals surface area contributed by atoms with E-state index in [1.165, 1.54) is 0 Å². The van der Waals surface area contributed by atoms with E-state index in [-0.39, 0.29) is 17.5 Å². The molecule has 1 aliphatic heterocycles. The van der Waals surface area contributed by atoms with Gasteiger partial charge < -0.3 is 21.1 Å². The van der Waals surface area contributed by atoms with E-state index in [1.807, 2.05) is 0 Å². The van der Waals surface area contributed by atoms with E-state index in [1.54, 1.807) is 17.1 Å². The Kier molecular flexibility index (Phi) is 3.14. The van der Waals surface area contributed by atoms with Gasteiger partial charge in [-0.2, -0.15) is 4.98 Å². The summed E-state index contributed by atoms with van der Waals surface area (Å²) in [6.45, 7) is 0.343. The van der Waals surface area contributed by atoms with Crippen LogP contribution in [0.3, 0.4) is 0 Å². The fourth-order valence-corrected chi connectivity index (χ4v) is 3.61. The number of anilines is 3. The fraction of sp³-hybridized carbons (Fsp3) is 0.455. The number of H-pyrrole nitrogens is 1. The first-order valence-electron chi connectivity index (χ1n) is 6.33. The van der Waals surface area contributed by atoms with Gasteiger partial charge in [0.1, 0.15) is 11.6 Å². The fourth-order valence-electron chi connectivity index (χ4n) is 2.60. The molecule has 114 valence electrons. The second-order valence-electron chi connectivity index (χ2n) is 4.97. The lowest BCUT2D eigenvalue weighted by molar-refractivity contribution is 0.357. The number of aliphatic hydroxyl groups is 1. The number of nitrogen functional groups attached to an aromatic ring is 1. The van der Waals surface area contributed by atoms with Gasteiger partial charge in [-0.15, -0.1) is 0 Å². The maximum atomic E-state index is 11.8. The summed E-state index contributed by atoms with van der Waals surface area (Å²) < 4.78 is 23.4. The number of nitrogens with two attached hydrogens (primary N) is 1. The highest BCUT2D eigenvalue weighted by Gasteiger charge is 2.36. The van der Waals surface area contributed by atoms with E-state index in [9.17, 15) is 13.2 Å². The van der Waals surface area contributed by atoms with E-state index in [0.717, 1.165) is 0 Å². The molecule has 0 radical (unpaired) electrons. The average Bonchev–Trinajstić information content (AvgIpc) is 3.04. The Bertz CT molecular complexity index is 756. The minimum atomic E-state index is -3.55. The second kappa shape index (κ2) is 4.74. The third-order valence-corrected chi connectivity index (χ3v) is 5.31. The minimum Gasteiger partial charge on any atom is -0.380 e. The maximum Gasteiger partial charge on any atom is 0.277 e. The number of hydrogen-bond acceptors (Lipinski definition) is 8. The van der Waals surface area contributed by atoms with Crippen molar-refractivity contribution < 1.29 is 13.5 Å². The highest BCUT2D eigenvalue weighted by atomic mass is 32.2. The van der Waals surface area contributed by atoms with Gasteiger partial charge in [0.05, 0.1) is 18.0 Å². The van der Waals surface area contributed by atoms with Gasteiger partial charge in [-0.3, -0.25) is 9.78 Å². The zero-order valence-electron chi connectivity index (χ0n) is 11.0. The Labute approximate surface area is 120 Å². The number of aromatic amines is 1. The van der Waals surface area contributed by atoms with Crippen molar-refractivity contribution in [3.8, 4) is 0 Å². The van der Waals surface area contributed by atoms with Crippen molar-refractivity contribution in [1.82, 2.24) is 9.97 Å². The van der Waals surface area contributed by atoms with Crippen molar-refractivity contribution in [2.75, 3.05) is 28.6 Å². The Balaban J connectivity index is 1.87. The molecule has 0 saturated carbocycles. The normalized spacial score (nSPS) is 24.1. The van der Waals surface area contributed by atoms with Gasteiger partial charge in [0.2, 0.25) is 5.95 Å². The molecule has 1 aromatic heterocycles. The highest BCUT2D eigenvalue weighted by Crippen LogP contribution is 2.32. The summed E-state index contributed by atoms with van der Waals surface area (Å²) in [7, 11) is -3.55. The van der Waals surface area contributed by atoms with Crippen LogP contribution in [0, 0.1) is 0 Å². The van der Waals surface area contributed by atoms with Gasteiger partial charge >= 0.3 is 0 Å². The summed E-state index contributed by atoms with van der Waals surface area (Å²) in [5, 5.41) is 11.1. The van der Waals surface area contributed by atoms with Gasteiger partial charge in [0.25, 0.3) is 5.56 Å². The lowest BCUT2D eigenvalue weighted by Crippen LogP contribution is -2.35. The molecule has 21 heavy (non-hydrogen) atoms. The van der Waals surface area contributed by atoms with Crippen LogP contribution in [-0.2, 0) is 9.84 Å². The summed E-state index contributed by atoms with van der Waals surface area (Å²) in [6, 6.07) is -0.223. The molecule has 0 fully saturated rings. The summed E-state index contributed by atoms with van der Waals surface area (Å²) in [5.41, 5.74) is 5.51. The molecule has 1 aliphatic carbocycles. The Morgan fingerprint density at radius 2 is 2.24 bits per heavy atom. The van der Waals surface area contributed by atoms with Crippen LogP contribution in [0.1, 0.15) is 6.42 Å². The highest BCUT2D eigenvalue weighted by molar-refractivity contribution is 7.92. The van der Waals surface area contributed by atoms with Crippen LogP contribution in [0.4, 0.5) is 17.5 Å². The van der Waals surface area contributed by atoms with Crippen molar-refractivity contribution in [2.45, 2.75) is 17.7 Å². The number of sulfone groups is 1. The third kappa shape index (κ3) is 2.25. The van der Waals surface area contributed by atoms with Crippen LogP contribution < -0.4 is 21.5 Å². The molecule has 3 rings (SSSR count). The Hall–Kier alpha value is -2.07. The minimum absolute atomic E-state index is 0.00829. The molecule has 0 saturated heterocycles. The largest absolute Gasteiger partial charge is 0.380 e. The molecule has 0 amide bonds. The van der Waals surface area contributed by atoms with Crippen LogP contribution in [0.15, 0.2) is 16.9 Å². The summed E-state index contributed by atoms with van der Waals surface area (Å²) in [5.74, 6) is -0.462. The SMILES string of the molecule is Nc1nc2c(c(=O)[nH]1)NCN2C1C=CC(S(=O)(=O)CO)C1. The molecule has 2 atom stereocenters. The predicted molar refractivity (Wildman–Crippen MR) is 77.6 cm³/mol.